The third-order valence-corrected chi connectivity index (χ3v) is 3.50. The number of rotatable bonds is 7. The predicted molar refractivity (Wildman–Crippen MR) is 99.5 cm³/mol. The maximum absolute atomic E-state index is 12.7. The van der Waals surface area contributed by atoms with E-state index in [0.29, 0.717) is 22.2 Å². The molecule has 8 nitrogen and oxygen atoms in total. The van der Waals surface area contributed by atoms with Crippen LogP contribution in [-0.2, 0) is 9.59 Å². The van der Waals surface area contributed by atoms with Crippen LogP contribution in [0.2, 0.25) is 0 Å². The number of benzene rings is 1. The number of fused-ring (bicyclic) bond motifs is 1. The number of nitrogens with zero attached hydrogens (tertiary/aromatic N) is 1. The topological polar surface area (TPSA) is 118 Å². The first-order chi connectivity index (χ1) is 12.8. The zero-order valence-electron chi connectivity index (χ0n) is 15.3. The van der Waals surface area contributed by atoms with Crippen molar-refractivity contribution >= 4 is 28.7 Å². The summed E-state index contributed by atoms with van der Waals surface area (Å²) in [7, 11) is 0. The van der Waals surface area contributed by atoms with Crippen LogP contribution in [0.3, 0.4) is 0 Å². The monoisotopic (exact) mass is 371 g/mol. The largest absolute Gasteiger partial charge is 0.478 e. The van der Waals surface area contributed by atoms with E-state index >= 15 is 0 Å². The van der Waals surface area contributed by atoms with Crippen molar-refractivity contribution in [3.05, 3.63) is 47.7 Å². The highest BCUT2D eigenvalue weighted by molar-refractivity contribution is 6.09. The number of hydrogen-bond donors (Lipinski definition) is 3. The van der Waals surface area contributed by atoms with Gasteiger partial charge in [0.2, 0.25) is 5.91 Å². The van der Waals surface area contributed by atoms with E-state index in [1.165, 1.54) is 0 Å². The number of carbonyl (C=O) groups excluding carboxylic acids is 2. The van der Waals surface area contributed by atoms with Gasteiger partial charge >= 0.3 is 5.97 Å². The first kappa shape index (κ1) is 19.9. The zero-order chi connectivity index (χ0) is 20.0. The summed E-state index contributed by atoms with van der Waals surface area (Å²) >= 11 is 0. The van der Waals surface area contributed by atoms with Crippen LogP contribution < -0.4 is 15.4 Å². The van der Waals surface area contributed by atoms with Crippen molar-refractivity contribution in [2.45, 2.75) is 26.8 Å². The third-order valence-electron chi connectivity index (χ3n) is 3.50. The van der Waals surface area contributed by atoms with Gasteiger partial charge in [-0.25, -0.2) is 9.78 Å². The summed E-state index contributed by atoms with van der Waals surface area (Å²) in [6.07, 6.45) is 1.60. The number of aromatic nitrogens is 1. The molecule has 0 aliphatic rings. The van der Waals surface area contributed by atoms with Gasteiger partial charge in [0, 0.05) is 23.6 Å². The van der Waals surface area contributed by atoms with E-state index in [1.54, 1.807) is 25.1 Å². The lowest BCUT2D eigenvalue weighted by Gasteiger charge is -2.17. The molecule has 1 aromatic carbocycles. The van der Waals surface area contributed by atoms with E-state index in [9.17, 15) is 14.4 Å². The van der Waals surface area contributed by atoms with E-state index in [1.807, 2.05) is 19.9 Å². The van der Waals surface area contributed by atoms with Gasteiger partial charge in [0.15, 0.2) is 12.5 Å². The van der Waals surface area contributed by atoms with Crippen molar-refractivity contribution in [2.75, 3.05) is 6.73 Å². The lowest BCUT2D eigenvalue weighted by atomic mass is 10.1. The number of aliphatic carboxylic acids is 1. The summed E-state index contributed by atoms with van der Waals surface area (Å²) in [6, 6.07) is 7.13. The van der Waals surface area contributed by atoms with Crippen LogP contribution in [0.1, 0.15) is 29.9 Å². The number of hydrogen-bond acceptors (Lipinski definition) is 5. The van der Waals surface area contributed by atoms with Gasteiger partial charge in [-0.3, -0.25) is 9.59 Å². The Morgan fingerprint density at radius 2 is 1.93 bits per heavy atom. The van der Waals surface area contributed by atoms with Gasteiger partial charge in [-0.1, -0.05) is 18.2 Å². The molecule has 2 aromatic rings. The molecule has 2 amide bonds. The normalized spacial score (nSPS) is 11.0. The van der Waals surface area contributed by atoms with E-state index < -0.39 is 11.9 Å². The highest BCUT2D eigenvalue weighted by Gasteiger charge is 2.21. The second-order valence-electron chi connectivity index (χ2n) is 6.05. The highest BCUT2D eigenvalue weighted by atomic mass is 16.5. The Balaban J connectivity index is 2.31. The van der Waals surface area contributed by atoms with Gasteiger partial charge in [0.1, 0.15) is 0 Å². The average Bonchev–Trinajstić information content (AvgIpc) is 2.59. The molecule has 0 fully saturated rings. The number of carbonyl (C=O) groups is 3. The number of carboxylic acids is 1. The molecule has 1 aromatic heterocycles. The number of amides is 2. The Morgan fingerprint density at radius 3 is 2.59 bits per heavy atom. The fourth-order valence-corrected chi connectivity index (χ4v) is 2.44. The van der Waals surface area contributed by atoms with E-state index in [2.05, 4.69) is 15.6 Å². The summed E-state index contributed by atoms with van der Waals surface area (Å²) in [5, 5.41) is 14.4. The summed E-state index contributed by atoms with van der Waals surface area (Å²) in [5.41, 5.74) is 1.49. The molecule has 0 aliphatic carbocycles. The van der Waals surface area contributed by atoms with Gasteiger partial charge in [0.25, 0.3) is 5.91 Å². The van der Waals surface area contributed by atoms with Crippen LogP contribution in [0.15, 0.2) is 36.4 Å². The Hall–Kier alpha value is -3.42. The molecule has 0 saturated heterocycles. The number of nitrogens with one attached hydrogen (secondary N) is 2. The molecule has 0 radical (unpaired) electrons. The summed E-state index contributed by atoms with van der Waals surface area (Å²) in [4.78, 5) is 39.2. The van der Waals surface area contributed by atoms with Crippen molar-refractivity contribution in [2.24, 2.45) is 0 Å². The summed E-state index contributed by atoms with van der Waals surface area (Å²) in [5.74, 6) is -1.90. The van der Waals surface area contributed by atoms with Crippen LogP contribution in [0.4, 0.5) is 0 Å². The minimum absolute atomic E-state index is 0.0709. The number of carboxylic acid groups (broad SMARTS) is 1. The minimum atomic E-state index is -1.23. The third kappa shape index (κ3) is 5.27. The average molecular weight is 371 g/mol. The van der Waals surface area contributed by atoms with Crippen molar-refractivity contribution in [1.29, 1.82) is 0 Å². The molecule has 0 aliphatic heterocycles. The van der Waals surface area contributed by atoms with Gasteiger partial charge in [-0.05, 0) is 26.8 Å². The maximum Gasteiger partial charge on any atom is 0.328 e. The predicted octanol–water partition coefficient (Wildman–Crippen LogP) is 1.77. The minimum Gasteiger partial charge on any atom is -0.478 e. The molecule has 1 heterocycles. The molecule has 0 unspecified atom stereocenters. The van der Waals surface area contributed by atoms with Gasteiger partial charge in [0.05, 0.1) is 16.8 Å². The second kappa shape index (κ2) is 8.79. The lowest BCUT2D eigenvalue weighted by Crippen LogP contribution is -2.32. The molecule has 142 valence electrons. The first-order valence-corrected chi connectivity index (χ1v) is 8.31. The molecule has 2 rings (SSSR count). The number of ether oxygens (including phenoxy) is 1. The molecule has 0 atom stereocenters. The zero-order valence-corrected chi connectivity index (χ0v) is 15.3. The molecular formula is C19H21N3O5. The fourth-order valence-electron chi connectivity index (χ4n) is 2.44. The smallest absolute Gasteiger partial charge is 0.328 e. The molecule has 0 saturated carbocycles. The Kier molecular flexibility index (Phi) is 6.48. The van der Waals surface area contributed by atoms with Gasteiger partial charge in [-0.15, -0.1) is 0 Å². The van der Waals surface area contributed by atoms with Crippen molar-refractivity contribution in [1.82, 2.24) is 15.6 Å². The molecular weight excluding hydrogens is 350 g/mol. The Labute approximate surface area is 156 Å². The van der Waals surface area contributed by atoms with Gasteiger partial charge in [-0.2, -0.15) is 0 Å². The van der Waals surface area contributed by atoms with Gasteiger partial charge < -0.3 is 20.5 Å². The number of pyridine rings is 1. The Morgan fingerprint density at radius 1 is 1.22 bits per heavy atom. The maximum atomic E-state index is 12.7. The quantitative estimate of drug-likeness (QED) is 0.504. The molecule has 27 heavy (non-hydrogen) atoms. The van der Waals surface area contributed by atoms with E-state index in [-0.39, 0.29) is 24.4 Å². The molecule has 8 heteroatoms. The molecule has 3 N–H and O–H groups in total. The van der Waals surface area contributed by atoms with Crippen molar-refractivity contribution in [3.8, 4) is 5.75 Å². The summed E-state index contributed by atoms with van der Waals surface area (Å²) < 4.78 is 5.62. The fraction of sp³-hybridized carbons (Fsp3) is 0.263. The number of aryl methyl sites for hydroxylation is 1. The second-order valence-corrected chi connectivity index (χ2v) is 6.05. The standard InChI is InChI=1S/C19H21N3O5/c1-11(2)21-19(26)17-13-6-4-5-7-14(13)22-12(3)18(17)27-10-20-15(23)8-9-16(24)25/h4-9,11H,10H2,1-3H3,(H,20,23)(H,21,26)(H,24,25)/b9-8+. The number of para-hydroxylation sites is 1. The van der Waals surface area contributed by atoms with Crippen molar-refractivity contribution < 1.29 is 24.2 Å². The lowest BCUT2D eigenvalue weighted by molar-refractivity contribution is -0.131. The highest BCUT2D eigenvalue weighted by Crippen LogP contribution is 2.29. The van der Waals surface area contributed by atoms with Crippen LogP contribution in [0, 0.1) is 6.92 Å². The van der Waals surface area contributed by atoms with Crippen molar-refractivity contribution in [3.63, 3.8) is 0 Å². The molecule has 0 spiro atoms. The SMILES string of the molecule is Cc1nc2ccccc2c(C(=O)NC(C)C)c1OCNC(=O)/C=C/C(=O)O. The van der Waals surface area contributed by atoms with E-state index in [4.69, 9.17) is 9.84 Å². The van der Waals surface area contributed by atoms with Crippen LogP contribution in [0.25, 0.3) is 10.9 Å². The van der Waals surface area contributed by atoms with Crippen LogP contribution in [0.5, 0.6) is 5.75 Å². The Bertz CT molecular complexity index is 906. The van der Waals surface area contributed by atoms with Crippen LogP contribution >= 0.6 is 0 Å². The van der Waals surface area contributed by atoms with Crippen LogP contribution in [-0.4, -0.2) is 40.6 Å². The van der Waals surface area contributed by atoms with E-state index in [0.717, 1.165) is 12.2 Å². The molecule has 0 bridgehead atoms. The summed E-state index contributed by atoms with van der Waals surface area (Å²) in [6.45, 7) is 5.17. The first-order valence-electron chi connectivity index (χ1n) is 8.31.